The fourth-order valence-electron chi connectivity index (χ4n) is 9.56. The normalized spacial score (nSPS) is 20.5. The van der Waals surface area contributed by atoms with E-state index in [0.717, 1.165) is 38.5 Å². The largest absolute Gasteiger partial charge is 0.394 e. The fourth-order valence-corrected chi connectivity index (χ4v) is 9.56. The van der Waals surface area contributed by atoms with Gasteiger partial charge >= 0.3 is 0 Å². The molecule has 0 spiro atoms. The van der Waals surface area contributed by atoms with Crippen LogP contribution in [0.3, 0.4) is 0 Å². The lowest BCUT2D eigenvalue weighted by atomic mass is 9.98. The molecule has 1 aliphatic heterocycles. The maximum Gasteiger partial charge on any atom is 0.249 e. The molecular weight excluding hydrogens is 859 g/mol. The van der Waals surface area contributed by atoms with Crippen LogP contribution in [0.4, 0.5) is 0 Å². The van der Waals surface area contributed by atoms with E-state index in [-0.39, 0.29) is 12.8 Å². The number of carbonyl (C=O) groups is 1. The predicted octanol–water partition coefficient (Wildman–Crippen LogP) is 12.0. The van der Waals surface area contributed by atoms with Crippen molar-refractivity contribution < 1.29 is 50.0 Å². The van der Waals surface area contributed by atoms with Gasteiger partial charge in [-0.3, -0.25) is 4.79 Å². The highest BCUT2D eigenvalue weighted by molar-refractivity contribution is 5.80. The molecule has 11 nitrogen and oxygen atoms in total. The lowest BCUT2D eigenvalue weighted by Gasteiger charge is -2.40. The van der Waals surface area contributed by atoms with Gasteiger partial charge in [-0.05, 0) is 38.5 Å². The number of amides is 1. The van der Waals surface area contributed by atoms with Crippen LogP contribution in [-0.2, 0) is 14.3 Å². The highest BCUT2D eigenvalue weighted by atomic mass is 16.7. The van der Waals surface area contributed by atoms with Crippen molar-refractivity contribution in [1.29, 1.82) is 0 Å². The van der Waals surface area contributed by atoms with Crippen LogP contribution in [0.2, 0.25) is 0 Å². The van der Waals surface area contributed by atoms with E-state index in [0.29, 0.717) is 12.8 Å². The topological polar surface area (TPSA) is 189 Å². The summed E-state index contributed by atoms with van der Waals surface area (Å²) in [4.78, 5) is 13.2. The van der Waals surface area contributed by atoms with Crippen molar-refractivity contribution in [2.75, 3.05) is 13.2 Å². The second kappa shape index (κ2) is 46.9. The average molecular weight is 971 g/mol. The molecule has 0 aliphatic carbocycles. The first kappa shape index (κ1) is 64.9. The lowest BCUT2D eigenvalue weighted by Crippen LogP contribution is -2.60. The molecule has 68 heavy (non-hydrogen) atoms. The quantitative estimate of drug-likeness (QED) is 0.0215. The minimum Gasteiger partial charge on any atom is -0.394 e. The molecule has 0 saturated carbocycles. The number of unbranched alkanes of at least 4 members (excludes halogenated alkanes) is 36. The Morgan fingerprint density at radius 2 is 0.868 bits per heavy atom. The van der Waals surface area contributed by atoms with E-state index in [4.69, 9.17) is 9.47 Å². The van der Waals surface area contributed by atoms with Gasteiger partial charge in [-0.25, -0.2) is 0 Å². The smallest absolute Gasteiger partial charge is 0.249 e. The van der Waals surface area contributed by atoms with Crippen LogP contribution in [0.15, 0.2) is 12.2 Å². The zero-order chi connectivity index (χ0) is 49.7. The monoisotopic (exact) mass is 970 g/mol. The summed E-state index contributed by atoms with van der Waals surface area (Å²) in [5, 5.41) is 76.0. The number of hydrogen-bond donors (Lipinski definition) is 8. The summed E-state index contributed by atoms with van der Waals surface area (Å²) in [7, 11) is 0. The number of aliphatic hydroxyl groups is 7. The molecule has 1 saturated heterocycles. The van der Waals surface area contributed by atoms with E-state index in [1.54, 1.807) is 0 Å². The molecule has 1 amide bonds. The van der Waals surface area contributed by atoms with Gasteiger partial charge in [-0.2, -0.15) is 0 Å². The maximum absolute atomic E-state index is 13.2. The highest BCUT2D eigenvalue weighted by Gasteiger charge is 2.44. The molecule has 1 fully saturated rings. The number of rotatable bonds is 50. The number of carbonyl (C=O) groups excluding carboxylic acids is 1. The summed E-state index contributed by atoms with van der Waals surface area (Å²) >= 11 is 0. The second-order valence-corrected chi connectivity index (χ2v) is 20.7. The minimum absolute atomic E-state index is 0.259. The molecule has 0 aromatic carbocycles. The Balaban J connectivity index is 2.25. The van der Waals surface area contributed by atoms with Gasteiger partial charge in [0.25, 0.3) is 0 Å². The van der Waals surface area contributed by atoms with Crippen LogP contribution >= 0.6 is 0 Å². The van der Waals surface area contributed by atoms with Gasteiger partial charge in [-0.15, -0.1) is 0 Å². The summed E-state index contributed by atoms with van der Waals surface area (Å²) in [6.07, 6.45) is 42.8. The highest BCUT2D eigenvalue weighted by Crippen LogP contribution is 2.23. The van der Waals surface area contributed by atoms with E-state index >= 15 is 0 Å². The van der Waals surface area contributed by atoms with Crippen molar-refractivity contribution in [2.45, 2.75) is 332 Å². The van der Waals surface area contributed by atoms with Crippen molar-refractivity contribution in [3.8, 4) is 0 Å². The third kappa shape index (κ3) is 35.1. The van der Waals surface area contributed by atoms with Gasteiger partial charge in [0.1, 0.15) is 36.6 Å². The molecule has 0 radical (unpaired) electrons. The Morgan fingerprint density at radius 3 is 1.26 bits per heavy atom. The molecule has 1 heterocycles. The molecule has 1 rings (SSSR count). The lowest BCUT2D eigenvalue weighted by molar-refractivity contribution is -0.303. The van der Waals surface area contributed by atoms with Crippen molar-refractivity contribution in [1.82, 2.24) is 5.32 Å². The van der Waals surface area contributed by atoms with Crippen molar-refractivity contribution in [3.63, 3.8) is 0 Å². The fraction of sp³-hybridized carbons (Fsp3) is 0.947. The Kier molecular flexibility index (Phi) is 44.7. The van der Waals surface area contributed by atoms with E-state index in [9.17, 15) is 40.5 Å². The van der Waals surface area contributed by atoms with Gasteiger partial charge in [0, 0.05) is 0 Å². The molecule has 8 N–H and O–H groups in total. The molecule has 11 heteroatoms. The predicted molar refractivity (Wildman–Crippen MR) is 279 cm³/mol. The zero-order valence-electron chi connectivity index (χ0n) is 44.1. The number of aliphatic hydroxyl groups excluding tert-OH is 7. The number of allylic oxidation sites excluding steroid dienone is 2. The first-order valence-corrected chi connectivity index (χ1v) is 29.1. The number of ether oxygens (including phenoxy) is 2. The van der Waals surface area contributed by atoms with Crippen molar-refractivity contribution >= 4 is 5.91 Å². The van der Waals surface area contributed by atoms with E-state index < -0.39 is 74.2 Å². The average Bonchev–Trinajstić information content (AvgIpc) is 3.34. The van der Waals surface area contributed by atoms with Crippen LogP contribution in [0.1, 0.15) is 277 Å². The van der Waals surface area contributed by atoms with Crippen LogP contribution < -0.4 is 5.32 Å². The Labute approximate surface area is 417 Å². The molecular formula is C57H111NO10. The van der Waals surface area contributed by atoms with Crippen LogP contribution in [-0.4, -0.2) is 110 Å². The molecule has 9 atom stereocenters. The standard InChI is InChI=1S/C57H111NO10/c1-3-5-7-9-11-13-15-17-19-20-21-22-23-24-25-26-27-28-29-30-31-33-35-37-39-41-43-45-50(61)56(66)58-48(47-67-57-55(65)54(64)53(63)51(46-59)68-57)52(62)49(60)44-42-40-38-36-34-32-18-16-14-12-10-8-6-4-2/h36,38,48-55,57,59-65H,3-35,37,39-47H2,1-2H3,(H,58,66)/b38-36+. The Bertz CT molecular complexity index is 1110. The van der Waals surface area contributed by atoms with Gasteiger partial charge in [0.15, 0.2) is 6.29 Å². The maximum atomic E-state index is 13.2. The third-order valence-corrected chi connectivity index (χ3v) is 14.3. The van der Waals surface area contributed by atoms with Crippen LogP contribution in [0.25, 0.3) is 0 Å². The second-order valence-electron chi connectivity index (χ2n) is 20.7. The molecule has 0 aromatic rings. The first-order chi connectivity index (χ1) is 33.2. The summed E-state index contributed by atoms with van der Waals surface area (Å²) in [5.41, 5.74) is 0. The van der Waals surface area contributed by atoms with Gasteiger partial charge in [-0.1, -0.05) is 251 Å². The molecule has 9 unspecified atom stereocenters. The van der Waals surface area contributed by atoms with E-state index in [2.05, 4.69) is 31.3 Å². The summed E-state index contributed by atoms with van der Waals surface area (Å²) in [5.74, 6) is -0.701. The van der Waals surface area contributed by atoms with E-state index in [1.165, 1.54) is 199 Å². The molecule has 0 aromatic heterocycles. The zero-order valence-corrected chi connectivity index (χ0v) is 44.1. The van der Waals surface area contributed by atoms with Crippen molar-refractivity contribution in [2.24, 2.45) is 0 Å². The summed E-state index contributed by atoms with van der Waals surface area (Å²) in [6, 6.07) is -1.18. The van der Waals surface area contributed by atoms with Gasteiger partial charge < -0.3 is 50.5 Å². The van der Waals surface area contributed by atoms with E-state index in [1.807, 2.05) is 0 Å². The summed E-state index contributed by atoms with van der Waals surface area (Å²) in [6.45, 7) is 3.46. The first-order valence-electron chi connectivity index (χ1n) is 29.1. The summed E-state index contributed by atoms with van der Waals surface area (Å²) < 4.78 is 11.1. The number of nitrogens with one attached hydrogen (secondary N) is 1. The van der Waals surface area contributed by atoms with Crippen LogP contribution in [0, 0.1) is 0 Å². The SMILES string of the molecule is CCCCCCCCCCC/C=C/CCCC(O)C(O)C(COC1OC(CO)C(O)C(O)C1O)NC(=O)C(O)CCCCCCCCCCCCCCCCCCCCCCCCCCCCC. The Morgan fingerprint density at radius 1 is 0.500 bits per heavy atom. The Hall–Kier alpha value is -1.15. The third-order valence-electron chi connectivity index (χ3n) is 14.3. The molecule has 404 valence electrons. The van der Waals surface area contributed by atoms with Gasteiger partial charge in [0.2, 0.25) is 5.91 Å². The van der Waals surface area contributed by atoms with Crippen LogP contribution in [0.5, 0.6) is 0 Å². The molecule has 0 bridgehead atoms. The number of hydrogen-bond acceptors (Lipinski definition) is 10. The van der Waals surface area contributed by atoms with Crippen molar-refractivity contribution in [3.05, 3.63) is 12.2 Å². The van der Waals surface area contributed by atoms with Gasteiger partial charge in [0.05, 0.1) is 25.4 Å². The molecule has 1 aliphatic rings. The minimum atomic E-state index is -1.66.